The SMILES string of the molecule is [B]c1ncc(C(C)(C)C)cn1. The Morgan fingerprint density at radius 3 is 2.00 bits per heavy atom. The van der Waals surface area contributed by atoms with Crippen LogP contribution in [-0.4, -0.2) is 17.8 Å². The van der Waals surface area contributed by atoms with Crippen LogP contribution in [0.4, 0.5) is 0 Å². The van der Waals surface area contributed by atoms with Gasteiger partial charge in [0.1, 0.15) is 0 Å². The fourth-order valence-corrected chi connectivity index (χ4v) is 0.725. The summed E-state index contributed by atoms with van der Waals surface area (Å²) in [6.45, 7) is 6.34. The molecule has 0 saturated heterocycles. The van der Waals surface area contributed by atoms with Gasteiger partial charge in [-0.15, -0.1) is 0 Å². The minimum atomic E-state index is 0.105. The van der Waals surface area contributed by atoms with E-state index < -0.39 is 0 Å². The first kappa shape index (κ1) is 8.24. The summed E-state index contributed by atoms with van der Waals surface area (Å²) in [7, 11) is 5.35. The van der Waals surface area contributed by atoms with Crippen LogP contribution in [0, 0.1) is 0 Å². The van der Waals surface area contributed by atoms with Gasteiger partial charge in [0.05, 0.1) is 5.72 Å². The maximum atomic E-state index is 5.35. The second-order valence-electron chi connectivity index (χ2n) is 3.58. The van der Waals surface area contributed by atoms with Gasteiger partial charge >= 0.3 is 0 Å². The molecule has 0 aliphatic heterocycles. The van der Waals surface area contributed by atoms with Crippen molar-refractivity contribution in [3.8, 4) is 0 Å². The van der Waals surface area contributed by atoms with E-state index in [4.69, 9.17) is 7.85 Å². The lowest BCUT2D eigenvalue weighted by atomic mass is 9.89. The first-order chi connectivity index (χ1) is 5.00. The molecule has 0 atom stereocenters. The van der Waals surface area contributed by atoms with Gasteiger partial charge in [-0.2, -0.15) is 0 Å². The Labute approximate surface area is 68.5 Å². The highest BCUT2D eigenvalue weighted by molar-refractivity contribution is 6.28. The fourth-order valence-electron chi connectivity index (χ4n) is 0.725. The average molecular weight is 146 g/mol. The normalized spacial score (nSPS) is 11.5. The van der Waals surface area contributed by atoms with Gasteiger partial charge in [0, 0.05) is 12.4 Å². The lowest BCUT2D eigenvalue weighted by Crippen LogP contribution is -2.18. The van der Waals surface area contributed by atoms with Gasteiger partial charge in [-0.05, 0) is 11.0 Å². The third-order valence-electron chi connectivity index (χ3n) is 1.54. The molecule has 0 N–H and O–H groups in total. The lowest BCUT2D eigenvalue weighted by Gasteiger charge is -2.17. The van der Waals surface area contributed by atoms with Crippen molar-refractivity contribution in [1.82, 2.24) is 9.97 Å². The van der Waals surface area contributed by atoms with Crippen LogP contribution in [0.1, 0.15) is 26.3 Å². The highest BCUT2D eigenvalue weighted by Gasteiger charge is 2.13. The third-order valence-corrected chi connectivity index (χ3v) is 1.54. The number of hydrogen-bond donors (Lipinski definition) is 0. The van der Waals surface area contributed by atoms with E-state index in [0.717, 1.165) is 5.56 Å². The first-order valence-corrected chi connectivity index (χ1v) is 3.58. The van der Waals surface area contributed by atoms with Gasteiger partial charge in [-0.3, -0.25) is 9.97 Å². The Hall–Kier alpha value is -0.855. The third kappa shape index (κ3) is 2.04. The number of rotatable bonds is 0. The summed E-state index contributed by atoms with van der Waals surface area (Å²) >= 11 is 0. The van der Waals surface area contributed by atoms with E-state index in [1.165, 1.54) is 0 Å². The van der Waals surface area contributed by atoms with Crippen LogP contribution in [-0.2, 0) is 5.41 Å². The van der Waals surface area contributed by atoms with Gasteiger partial charge in [0.2, 0.25) is 0 Å². The highest BCUT2D eigenvalue weighted by Crippen LogP contribution is 2.18. The zero-order chi connectivity index (χ0) is 8.48. The van der Waals surface area contributed by atoms with Crippen molar-refractivity contribution in [3.63, 3.8) is 0 Å². The minimum Gasteiger partial charge on any atom is -0.253 e. The van der Waals surface area contributed by atoms with Gasteiger partial charge in [-0.25, -0.2) is 0 Å². The monoisotopic (exact) mass is 146 g/mol. The Morgan fingerprint density at radius 2 is 1.64 bits per heavy atom. The molecule has 2 nitrogen and oxygen atoms in total. The average Bonchev–Trinajstić information content (AvgIpc) is 1.86. The summed E-state index contributed by atoms with van der Waals surface area (Å²) < 4.78 is 0. The predicted molar refractivity (Wildman–Crippen MR) is 46.1 cm³/mol. The summed E-state index contributed by atoms with van der Waals surface area (Å²) in [6.07, 6.45) is 3.53. The summed E-state index contributed by atoms with van der Waals surface area (Å²) in [5.74, 6) is 0. The van der Waals surface area contributed by atoms with Gasteiger partial charge < -0.3 is 0 Å². The summed E-state index contributed by atoms with van der Waals surface area (Å²) in [5, 5.41) is 0. The Morgan fingerprint density at radius 1 is 1.18 bits per heavy atom. The van der Waals surface area contributed by atoms with Crippen LogP contribution < -0.4 is 5.72 Å². The Balaban J connectivity index is 2.99. The van der Waals surface area contributed by atoms with E-state index in [9.17, 15) is 0 Å². The van der Waals surface area contributed by atoms with E-state index in [1.807, 2.05) is 0 Å². The molecule has 0 aromatic carbocycles. The standard InChI is InChI=1S/C8H11BN2/c1-8(2,3)6-4-10-7(9)11-5-6/h4-5H,1-3H3. The molecule has 0 aliphatic carbocycles. The fraction of sp³-hybridized carbons (Fsp3) is 0.500. The zero-order valence-electron chi connectivity index (χ0n) is 7.13. The van der Waals surface area contributed by atoms with Crippen molar-refractivity contribution in [3.05, 3.63) is 18.0 Å². The molecule has 56 valence electrons. The minimum absolute atomic E-state index is 0.105. The molecule has 0 fully saturated rings. The van der Waals surface area contributed by atoms with E-state index in [2.05, 4.69) is 30.7 Å². The molecule has 1 aromatic heterocycles. The highest BCUT2D eigenvalue weighted by atomic mass is 14.8. The van der Waals surface area contributed by atoms with Crippen molar-refractivity contribution < 1.29 is 0 Å². The summed E-state index contributed by atoms with van der Waals surface area (Å²) in [6, 6.07) is 0. The number of aromatic nitrogens is 2. The van der Waals surface area contributed by atoms with E-state index in [1.54, 1.807) is 12.4 Å². The molecular weight excluding hydrogens is 135 g/mol. The molecule has 0 aliphatic rings. The molecular formula is C8H11BN2. The number of nitrogens with zero attached hydrogens (tertiary/aromatic N) is 2. The molecule has 0 bridgehead atoms. The molecule has 1 heterocycles. The molecule has 3 heteroatoms. The molecule has 0 unspecified atom stereocenters. The van der Waals surface area contributed by atoms with E-state index >= 15 is 0 Å². The second-order valence-corrected chi connectivity index (χ2v) is 3.58. The van der Waals surface area contributed by atoms with Gasteiger partial charge in [-0.1, -0.05) is 20.8 Å². The van der Waals surface area contributed by atoms with E-state index in [0.29, 0.717) is 5.72 Å². The van der Waals surface area contributed by atoms with Crippen molar-refractivity contribution >= 4 is 13.6 Å². The molecule has 1 rings (SSSR count). The van der Waals surface area contributed by atoms with Crippen LogP contribution in [0.25, 0.3) is 0 Å². The van der Waals surface area contributed by atoms with Crippen LogP contribution in [0.15, 0.2) is 12.4 Å². The van der Waals surface area contributed by atoms with Gasteiger partial charge in [0.25, 0.3) is 0 Å². The Kier molecular flexibility index (Phi) is 1.98. The topological polar surface area (TPSA) is 25.8 Å². The smallest absolute Gasteiger partial charge is 0.170 e. The summed E-state index contributed by atoms with van der Waals surface area (Å²) in [4.78, 5) is 7.82. The van der Waals surface area contributed by atoms with E-state index in [-0.39, 0.29) is 5.41 Å². The van der Waals surface area contributed by atoms with Crippen LogP contribution in [0.3, 0.4) is 0 Å². The zero-order valence-corrected chi connectivity index (χ0v) is 7.13. The maximum Gasteiger partial charge on any atom is 0.170 e. The molecule has 1 aromatic rings. The predicted octanol–water partition coefficient (Wildman–Crippen LogP) is 0.568. The second kappa shape index (κ2) is 2.64. The summed E-state index contributed by atoms with van der Waals surface area (Å²) in [5.41, 5.74) is 1.54. The molecule has 0 saturated carbocycles. The van der Waals surface area contributed by atoms with Crippen LogP contribution >= 0.6 is 0 Å². The quantitative estimate of drug-likeness (QED) is 0.500. The molecule has 11 heavy (non-hydrogen) atoms. The van der Waals surface area contributed by atoms with Crippen molar-refractivity contribution in [1.29, 1.82) is 0 Å². The van der Waals surface area contributed by atoms with Crippen molar-refractivity contribution in [2.24, 2.45) is 0 Å². The Bertz CT molecular complexity index is 235. The lowest BCUT2D eigenvalue weighted by molar-refractivity contribution is 0.585. The molecule has 0 spiro atoms. The first-order valence-electron chi connectivity index (χ1n) is 3.58. The number of hydrogen-bond acceptors (Lipinski definition) is 2. The van der Waals surface area contributed by atoms with Crippen LogP contribution in [0.5, 0.6) is 0 Å². The maximum absolute atomic E-state index is 5.35. The largest absolute Gasteiger partial charge is 0.253 e. The van der Waals surface area contributed by atoms with Crippen LogP contribution in [0.2, 0.25) is 0 Å². The van der Waals surface area contributed by atoms with Crippen molar-refractivity contribution in [2.75, 3.05) is 0 Å². The van der Waals surface area contributed by atoms with Gasteiger partial charge in [0.15, 0.2) is 7.85 Å². The molecule has 0 amide bonds. The van der Waals surface area contributed by atoms with Crippen molar-refractivity contribution in [2.45, 2.75) is 26.2 Å². The molecule has 2 radical (unpaired) electrons.